The van der Waals surface area contributed by atoms with Crippen LogP contribution in [0.1, 0.15) is 12.5 Å². The average molecular weight is 293 g/mol. The number of rotatable bonds is 4. The first kappa shape index (κ1) is 15.1. The molecule has 0 amide bonds. The third-order valence-electron chi connectivity index (χ3n) is 3.00. The van der Waals surface area contributed by atoms with Crippen LogP contribution in [-0.2, 0) is 11.3 Å². The number of aliphatic hydroxyl groups is 1. The largest absolute Gasteiger partial charge is 0.494 e. The van der Waals surface area contributed by atoms with Crippen molar-refractivity contribution in [3.05, 3.63) is 41.8 Å². The molecule has 0 fully saturated rings. The number of aliphatic hydroxyl groups excluding tert-OH is 1. The molecule has 0 radical (unpaired) electrons. The number of hydrogen-bond donors (Lipinski definition) is 1. The van der Waals surface area contributed by atoms with Crippen LogP contribution in [0.25, 0.3) is 11.3 Å². The van der Waals surface area contributed by atoms with Gasteiger partial charge in [0.2, 0.25) is 0 Å². The van der Waals surface area contributed by atoms with Gasteiger partial charge in [0.15, 0.2) is 5.75 Å². The highest BCUT2D eigenvalue weighted by Gasteiger charge is 2.24. The first-order valence-electron chi connectivity index (χ1n) is 6.45. The van der Waals surface area contributed by atoms with E-state index in [1.807, 2.05) is 0 Å². The molecule has 0 aliphatic rings. The zero-order valence-corrected chi connectivity index (χ0v) is 11.8. The molecule has 0 unspecified atom stereocenters. The summed E-state index contributed by atoms with van der Waals surface area (Å²) in [5, 5.41) is 9.38. The van der Waals surface area contributed by atoms with Crippen LogP contribution in [0.2, 0.25) is 0 Å². The molecule has 5 nitrogen and oxygen atoms in total. The van der Waals surface area contributed by atoms with Gasteiger partial charge in [0, 0.05) is 17.3 Å². The zero-order valence-electron chi connectivity index (χ0n) is 11.8. The van der Waals surface area contributed by atoms with E-state index < -0.39 is 11.9 Å². The fraction of sp³-hybridized carbons (Fsp3) is 0.267. The predicted molar refractivity (Wildman–Crippen MR) is 74.7 cm³/mol. The number of benzene rings is 1. The Bertz CT molecular complexity index is 651. The SMILES string of the molecule is CCOC(=O)n1cc(CO)c(OC)c1-c1ccccc1F. The molecule has 1 N–H and O–H groups in total. The average Bonchev–Trinajstić information content (AvgIpc) is 2.86. The topological polar surface area (TPSA) is 60.7 Å². The Kier molecular flexibility index (Phi) is 4.59. The van der Waals surface area contributed by atoms with Crippen molar-refractivity contribution >= 4 is 6.09 Å². The number of carbonyl (C=O) groups is 1. The van der Waals surface area contributed by atoms with Crippen molar-refractivity contribution in [1.29, 1.82) is 0 Å². The van der Waals surface area contributed by atoms with Crippen LogP contribution in [-0.4, -0.2) is 29.5 Å². The van der Waals surface area contributed by atoms with Gasteiger partial charge in [-0.05, 0) is 19.1 Å². The van der Waals surface area contributed by atoms with Gasteiger partial charge in [-0.3, -0.25) is 0 Å². The van der Waals surface area contributed by atoms with Crippen LogP contribution in [0.5, 0.6) is 5.75 Å². The lowest BCUT2D eigenvalue weighted by Gasteiger charge is -2.10. The normalized spacial score (nSPS) is 10.5. The molecule has 2 aromatic rings. The van der Waals surface area contributed by atoms with E-state index in [1.54, 1.807) is 19.1 Å². The first-order valence-corrected chi connectivity index (χ1v) is 6.45. The van der Waals surface area contributed by atoms with Gasteiger partial charge in [-0.2, -0.15) is 0 Å². The van der Waals surface area contributed by atoms with Crippen molar-refractivity contribution in [2.75, 3.05) is 13.7 Å². The molecule has 0 saturated heterocycles. The summed E-state index contributed by atoms with van der Waals surface area (Å²) in [6, 6.07) is 6.02. The molecule has 0 aliphatic carbocycles. The maximum absolute atomic E-state index is 14.1. The second kappa shape index (κ2) is 6.41. The van der Waals surface area contributed by atoms with E-state index in [-0.39, 0.29) is 30.2 Å². The minimum absolute atomic E-state index is 0.185. The summed E-state index contributed by atoms with van der Waals surface area (Å²) in [4.78, 5) is 12.0. The van der Waals surface area contributed by atoms with Crippen molar-refractivity contribution in [3.8, 4) is 17.0 Å². The maximum atomic E-state index is 14.1. The molecule has 0 atom stereocenters. The van der Waals surface area contributed by atoms with Gasteiger partial charge in [-0.1, -0.05) is 12.1 Å². The van der Waals surface area contributed by atoms with Crippen molar-refractivity contribution in [2.45, 2.75) is 13.5 Å². The van der Waals surface area contributed by atoms with Crippen molar-refractivity contribution < 1.29 is 23.8 Å². The molecule has 0 aliphatic heterocycles. The van der Waals surface area contributed by atoms with Crippen LogP contribution in [0.3, 0.4) is 0 Å². The lowest BCUT2D eigenvalue weighted by atomic mass is 10.1. The van der Waals surface area contributed by atoms with Crippen LogP contribution in [0.4, 0.5) is 9.18 Å². The van der Waals surface area contributed by atoms with Gasteiger partial charge in [0.05, 0.1) is 20.3 Å². The Morgan fingerprint density at radius 2 is 2.10 bits per heavy atom. The van der Waals surface area contributed by atoms with Crippen molar-refractivity contribution in [2.24, 2.45) is 0 Å². The highest BCUT2D eigenvalue weighted by molar-refractivity contribution is 5.83. The fourth-order valence-electron chi connectivity index (χ4n) is 2.12. The molecular formula is C15H16FNO4. The summed E-state index contributed by atoms with van der Waals surface area (Å²) in [7, 11) is 1.40. The maximum Gasteiger partial charge on any atom is 0.418 e. The molecule has 6 heteroatoms. The molecular weight excluding hydrogens is 277 g/mol. The predicted octanol–water partition coefficient (Wildman–Crippen LogP) is 2.80. The molecule has 112 valence electrons. The number of nitrogens with zero attached hydrogens (tertiary/aromatic N) is 1. The summed E-state index contributed by atoms with van der Waals surface area (Å²) in [5.41, 5.74) is 0.795. The minimum Gasteiger partial charge on any atom is -0.494 e. The van der Waals surface area contributed by atoms with Gasteiger partial charge in [-0.25, -0.2) is 13.8 Å². The van der Waals surface area contributed by atoms with E-state index in [1.165, 1.54) is 25.4 Å². The number of carbonyl (C=O) groups excluding carboxylic acids is 1. The molecule has 1 heterocycles. The second-order valence-corrected chi connectivity index (χ2v) is 4.24. The number of halogens is 1. The van der Waals surface area contributed by atoms with E-state index in [0.29, 0.717) is 5.56 Å². The van der Waals surface area contributed by atoms with Crippen molar-refractivity contribution in [3.63, 3.8) is 0 Å². The molecule has 1 aromatic heterocycles. The summed E-state index contributed by atoms with van der Waals surface area (Å²) >= 11 is 0. The van der Waals surface area contributed by atoms with E-state index in [0.717, 1.165) is 4.57 Å². The molecule has 0 spiro atoms. The van der Waals surface area contributed by atoms with Crippen LogP contribution < -0.4 is 4.74 Å². The quantitative estimate of drug-likeness (QED) is 0.941. The van der Waals surface area contributed by atoms with Gasteiger partial charge in [0.1, 0.15) is 11.5 Å². The highest BCUT2D eigenvalue weighted by atomic mass is 19.1. The molecule has 21 heavy (non-hydrogen) atoms. The van der Waals surface area contributed by atoms with Gasteiger partial charge in [-0.15, -0.1) is 0 Å². The number of methoxy groups -OCH3 is 1. The summed E-state index contributed by atoms with van der Waals surface area (Å²) < 4.78 is 25.4. The van der Waals surface area contributed by atoms with Crippen LogP contribution in [0, 0.1) is 5.82 Å². The van der Waals surface area contributed by atoms with Crippen LogP contribution in [0.15, 0.2) is 30.5 Å². The molecule has 1 aromatic carbocycles. The second-order valence-electron chi connectivity index (χ2n) is 4.24. The Balaban J connectivity index is 2.69. The van der Waals surface area contributed by atoms with Crippen LogP contribution >= 0.6 is 0 Å². The van der Waals surface area contributed by atoms with E-state index >= 15 is 0 Å². The standard InChI is InChI=1S/C15H16FNO4/c1-3-21-15(19)17-8-10(9-18)14(20-2)13(17)11-6-4-5-7-12(11)16/h4-8,18H,3,9H2,1-2H3. The van der Waals surface area contributed by atoms with E-state index in [4.69, 9.17) is 9.47 Å². The zero-order chi connectivity index (χ0) is 15.4. The molecule has 2 rings (SSSR count). The van der Waals surface area contributed by atoms with E-state index in [9.17, 15) is 14.3 Å². The van der Waals surface area contributed by atoms with Crippen molar-refractivity contribution in [1.82, 2.24) is 4.57 Å². The number of hydrogen-bond acceptors (Lipinski definition) is 4. The third kappa shape index (κ3) is 2.75. The number of ether oxygens (including phenoxy) is 2. The van der Waals surface area contributed by atoms with Gasteiger partial charge >= 0.3 is 6.09 Å². The third-order valence-corrected chi connectivity index (χ3v) is 3.00. The summed E-state index contributed by atoms with van der Waals surface area (Å²) in [5.74, 6) is -0.250. The number of aromatic nitrogens is 1. The molecule has 0 saturated carbocycles. The molecule has 0 bridgehead atoms. The fourth-order valence-corrected chi connectivity index (χ4v) is 2.12. The minimum atomic E-state index is -0.659. The Morgan fingerprint density at radius 1 is 1.38 bits per heavy atom. The first-order chi connectivity index (χ1) is 10.1. The summed E-state index contributed by atoms with van der Waals surface area (Å²) in [6.45, 7) is 1.52. The Hall–Kier alpha value is -2.34. The van der Waals surface area contributed by atoms with Gasteiger partial charge < -0.3 is 14.6 Å². The summed E-state index contributed by atoms with van der Waals surface area (Å²) in [6.07, 6.45) is 0.729. The Morgan fingerprint density at radius 3 is 2.67 bits per heavy atom. The smallest absolute Gasteiger partial charge is 0.418 e. The monoisotopic (exact) mass is 293 g/mol. The lowest BCUT2D eigenvalue weighted by Crippen LogP contribution is -2.14. The Labute approximate surface area is 121 Å². The highest BCUT2D eigenvalue weighted by Crippen LogP contribution is 2.36. The van der Waals surface area contributed by atoms with Gasteiger partial charge in [0.25, 0.3) is 0 Å². The van der Waals surface area contributed by atoms with E-state index in [2.05, 4.69) is 0 Å². The lowest BCUT2D eigenvalue weighted by molar-refractivity contribution is 0.154.